The van der Waals surface area contributed by atoms with Gasteiger partial charge in [-0.25, -0.2) is 9.37 Å². The molecule has 1 aliphatic carbocycles. The van der Waals surface area contributed by atoms with Crippen molar-refractivity contribution in [3.63, 3.8) is 0 Å². The average Bonchev–Trinajstić information content (AvgIpc) is 3.41. The molecule has 10 heteroatoms. The van der Waals surface area contributed by atoms with E-state index in [4.69, 9.17) is 0 Å². The maximum absolute atomic E-state index is 13.2. The predicted octanol–water partition coefficient (Wildman–Crippen LogP) is 1.82. The molecule has 2 aliphatic rings. The summed E-state index contributed by atoms with van der Waals surface area (Å²) in [5.74, 6) is -1.85. The Morgan fingerprint density at radius 3 is 2.55 bits per heavy atom. The number of carboxylic acid groups (broad SMARTS) is 1. The number of benzene rings is 1. The van der Waals surface area contributed by atoms with Crippen molar-refractivity contribution in [3.8, 4) is 0 Å². The molecule has 1 aromatic heterocycles. The van der Waals surface area contributed by atoms with E-state index in [1.54, 1.807) is 13.0 Å². The molecule has 2 fully saturated rings. The first-order valence-corrected chi connectivity index (χ1v) is 11.6. The highest BCUT2D eigenvalue weighted by Crippen LogP contribution is 2.57. The predicted molar refractivity (Wildman–Crippen MR) is 113 cm³/mol. The van der Waals surface area contributed by atoms with Crippen LogP contribution in [0.5, 0.6) is 0 Å². The molecule has 8 nitrogen and oxygen atoms in total. The molecule has 0 amide bonds. The van der Waals surface area contributed by atoms with Crippen molar-refractivity contribution in [3.05, 3.63) is 60.0 Å². The number of nitrogens with one attached hydrogen (secondary N) is 1. The molecule has 2 N–H and O–H groups in total. The molecule has 1 saturated carbocycles. The Kier molecular flexibility index (Phi) is 5.71. The number of aromatic nitrogens is 1. The summed E-state index contributed by atoms with van der Waals surface area (Å²) in [5, 5.41) is 9.94. The van der Waals surface area contributed by atoms with Gasteiger partial charge in [-0.2, -0.15) is 17.4 Å². The minimum atomic E-state index is -4.04. The smallest absolute Gasteiger partial charge is 0.325 e. The van der Waals surface area contributed by atoms with Crippen LogP contribution in [0.1, 0.15) is 24.8 Å². The molecule has 1 saturated heterocycles. The van der Waals surface area contributed by atoms with Crippen LogP contribution >= 0.6 is 0 Å². The molecular formula is C21H25FN4O4S. The highest BCUT2D eigenvalue weighted by molar-refractivity contribution is 7.87. The SMILES string of the molecule is CC1[C@H](c2ccccc2)[C@]1(NS(=O)(=O)N1CCCN(c2ccc(F)cn2)CC1)C(=O)O. The van der Waals surface area contributed by atoms with Crippen LogP contribution in [-0.4, -0.2) is 60.5 Å². The minimum Gasteiger partial charge on any atom is -0.480 e. The number of carbonyl (C=O) groups is 1. The van der Waals surface area contributed by atoms with Crippen molar-refractivity contribution in [1.82, 2.24) is 14.0 Å². The largest absolute Gasteiger partial charge is 0.480 e. The molecule has 0 spiro atoms. The van der Waals surface area contributed by atoms with E-state index in [1.807, 2.05) is 35.2 Å². The number of pyridine rings is 1. The molecule has 1 unspecified atom stereocenters. The number of rotatable bonds is 6. The maximum atomic E-state index is 13.2. The van der Waals surface area contributed by atoms with Gasteiger partial charge in [0.05, 0.1) is 6.20 Å². The fraction of sp³-hybridized carbons (Fsp3) is 0.429. The molecule has 1 aliphatic heterocycles. The number of hydrogen-bond acceptors (Lipinski definition) is 5. The first-order chi connectivity index (χ1) is 14.8. The summed E-state index contributed by atoms with van der Waals surface area (Å²) >= 11 is 0. The number of nitrogens with zero attached hydrogens (tertiary/aromatic N) is 3. The number of aliphatic carboxylic acids is 1. The molecule has 2 heterocycles. The van der Waals surface area contributed by atoms with Gasteiger partial charge in [0.2, 0.25) is 0 Å². The van der Waals surface area contributed by atoms with Crippen LogP contribution in [0, 0.1) is 11.7 Å². The topological polar surface area (TPSA) is 103 Å². The lowest BCUT2D eigenvalue weighted by molar-refractivity contribution is -0.140. The summed E-state index contributed by atoms with van der Waals surface area (Å²) < 4.78 is 43.3. The first kappa shape index (κ1) is 21.7. The van der Waals surface area contributed by atoms with Gasteiger partial charge in [0, 0.05) is 32.1 Å². The second kappa shape index (κ2) is 8.18. The van der Waals surface area contributed by atoms with E-state index in [2.05, 4.69) is 9.71 Å². The van der Waals surface area contributed by atoms with E-state index >= 15 is 0 Å². The van der Waals surface area contributed by atoms with E-state index in [-0.39, 0.29) is 19.0 Å². The third kappa shape index (κ3) is 4.02. The zero-order chi connectivity index (χ0) is 22.2. The number of carboxylic acids is 1. The molecule has 1 aromatic carbocycles. The number of anilines is 1. The second-order valence-electron chi connectivity index (χ2n) is 8.03. The van der Waals surface area contributed by atoms with E-state index in [1.165, 1.54) is 10.4 Å². The fourth-order valence-electron chi connectivity index (χ4n) is 4.50. The first-order valence-electron chi connectivity index (χ1n) is 10.2. The van der Waals surface area contributed by atoms with Gasteiger partial charge in [0.25, 0.3) is 10.2 Å². The van der Waals surface area contributed by atoms with Crippen molar-refractivity contribution in [2.24, 2.45) is 5.92 Å². The summed E-state index contributed by atoms with van der Waals surface area (Å²) in [5.41, 5.74) is -0.769. The van der Waals surface area contributed by atoms with Gasteiger partial charge in [-0.05, 0) is 30.0 Å². The lowest BCUT2D eigenvalue weighted by Crippen LogP contribution is -2.52. The van der Waals surface area contributed by atoms with E-state index in [0.29, 0.717) is 25.3 Å². The maximum Gasteiger partial charge on any atom is 0.325 e. The van der Waals surface area contributed by atoms with E-state index in [0.717, 1.165) is 11.8 Å². The Hall–Kier alpha value is -2.56. The van der Waals surface area contributed by atoms with Crippen molar-refractivity contribution in [2.45, 2.75) is 24.8 Å². The van der Waals surface area contributed by atoms with Crippen LogP contribution in [0.3, 0.4) is 0 Å². The molecular weight excluding hydrogens is 423 g/mol. The molecule has 3 atom stereocenters. The minimum absolute atomic E-state index is 0.175. The van der Waals surface area contributed by atoms with Crippen molar-refractivity contribution in [1.29, 1.82) is 0 Å². The molecule has 166 valence electrons. The fourth-order valence-corrected chi connectivity index (χ4v) is 6.14. The Labute approximate surface area is 180 Å². The molecule has 2 aromatic rings. The van der Waals surface area contributed by atoms with Crippen LogP contribution in [0.25, 0.3) is 0 Å². The molecule has 0 bridgehead atoms. The van der Waals surface area contributed by atoms with Crippen LogP contribution < -0.4 is 9.62 Å². The third-order valence-corrected chi connectivity index (χ3v) is 7.88. The summed E-state index contributed by atoms with van der Waals surface area (Å²) in [6, 6.07) is 12.0. The lowest BCUT2D eigenvalue weighted by Gasteiger charge is -2.25. The normalized spacial score (nSPS) is 27.0. The standard InChI is InChI=1S/C21H25FN4O4S/c1-15-19(16-6-3-2-4-7-16)21(15,20(27)28)24-31(29,30)26-11-5-10-25(12-13-26)18-9-8-17(22)14-23-18/h2-4,6-9,14-15,19,24H,5,10-13H2,1H3,(H,27,28)/t15?,19-,21+/m1/s1. The highest BCUT2D eigenvalue weighted by Gasteiger charge is 2.70. The molecule has 4 rings (SSSR count). The van der Waals surface area contributed by atoms with Gasteiger partial charge < -0.3 is 10.0 Å². The Bertz CT molecular complexity index is 1050. The quantitative estimate of drug-likeness (QED) is 0.699. The molecule has 0 radical (unpaired) electrons. The van der Waals surface area contributed by atoms with E-state index in [9.17, 15) is 22.7 Å². The Balaban J connectivity index is 1.50. The monoisotopic (exact) mass is 448 g/mol. The Morgan fingerprint density at radius 2 is 1.90 bits per heavy atom. The zero-order valence-corrected chi connectivity index (χ0v) is 17.9. The third-order valence-electron chi connectivity index (χ3n) is 6.24. The van der Waals surface area contributed by atoms with Crippen LogP contribution in [-0.2, 0) is 15.0 Å². The van der Waals surface area contributed by atoms with Gasteiger partial charge in [-0.15, -0.1) is 0 Å². The lowest BCUT2D eigenvalue weighted by atomic mass is 10.1. The Morgan fingerprint density at radius 1 is 1.16 bits per heavy atom. The average molecular weight is 449 g/mol. The summed E-state index contributed by atoms with van der Waals surface area (Å²) in [7, 11) is -4.04. The van der Waals surface area contributed by atoms with Gasteiger partial charge in [0.1, 0.15) is 17.2 Å². The van der Waals surface area contributed by atoms with Crippen molar-refractivity contribution < 1.29 is 22.7 Å². The summed E-state index contributed by atoms with van der Waals surface area (Å²) in [6.07, 6.45) is 1.67. The zero-order valence-electron chi connectivity index (χ0n) is 17.1. The number of halogens is 1. The summed E-state index contributed by atoms with van der Waals surface area (Å²) in [6.45, 7) is 3.12. The van der Waals surface area contributed by atoms with Gasteiger partial charge in [0.15, 0.2) is 0 Å². The van der Waals surface area contributed by atoms with Crippen molar-refractivity contribution in [2.75, 3.05) is 31.1 Å². The van der Waals surface area contributed by atoms with Gasteiger partial charge in [-0.3, -0.25) is 4.79 Å². The van der Waals surface area contributed by atoms with Crippen molar-refractivity contribution >= 4 is 22.0 Å². The molecule has 31 heavy (non-hydrogen) atoms. The number of hydrogen-bond donors (Lipinski definition) is 2. The van der Waals surface area contributed by atoms with Crippen LogP contribution in [0.2, 0.25) is 0 Å². The van der Waals surface area contributed by atoms with Gasteiger partial charge in [-0.1, -0.05) is 37.3 Å². The van der Waals surface area contributed by atoms with Crippen LogP contribution in [0.4, 0.5) is 10.2 Å². The highest BCUT2D eigenvalue weighted by atomic mass is 32.2. The van der Waals surface area contributed by atoms with Gasteiger partial charge >= 0.3 is 5.97 Å². The second-order valence-corrected chi connectivity index (χ2v) is 9.70. The summed E-state index contributed by atoms with van der Waals surface area (Å²) in [4.78, 5) is 18.1. The van der Waals surface area contributed by atoms with Crippen LogP contribution in [0.15, 0.2) is 48.7 Å². The van der Waals surface area contributed by atoms with E-state index < -0.39 is 33.5 Å².